The molecule has 0 bridgehead atoms. The summed E-state index contributed by atoms with van der Waals surface area (Å²) in [4.78, 5) is 4.40. The van der Waals surface area contributed by atoms with Gasteiger partial charge in [0.15, 0.2) is 0 Å². The van der Waals surface area contributed by atoms with Crippen LogP contribution in [0.15, 0.2) is 48.7 Å². The minimum atomic E-state index is 0.258. The van der Waals surface area contributed by atoms with E-state index in [0.29, 0.717) is 0 Å². The van der Waals surface area contributed by atoms with Crippen molar-refractivity contribution in [1.29, 1.82) is 0 Å². The first-order chi connectivity index (χ1) is 9.29. The third-order valence-corrected chi connectivity index (χ3v) is 3.27. The molecule has 1 heterocycles. The molecule has 0 saturated carbocycles. The van der Waals surface area contributed by atoms with Gasteiger partial charge in [-0.25, -0.2) is 0 Å². The predicted octanol–water partition coefficient (Wildman–Crippen LogP) is 4.02. The van der Waals surface area contributed by atoms with Gasteiger partial charge in [0.25, 0.3) is 0 Å². The summed E-state index contributed by atoms with van der Waals surface area (Å²) < 4.78 is 0. The molecule has 19 heavy (non-hydrogen) atoms. The van der Waals surface area contributed by atoms with Crippen LogP contribution < -0.4 is 5.32 Å². The molecule has 1 unspecified atom stereocenters. The molecule has 1 N–H and O–H groups in total. The Labute approximate surface area is 119 Å². The number of nitrogens with zero attached hydrogens (tertiary/aromatic N) is 1. The zero-order valence-electron chi connectivity index (χ0n) is 11.1. The van der Waals surface area contributed by atoms with Crippen LogP contribution in [0.1, 0.15) is 30.6 Å². The number of nitrogens with one attached hydrogen (secondary N) is 1. The van der Waals surface area contributed by atoms with Crippen LogP contribution in [0.2, 0.25) is 5.02 Å². The molecule has 0 fully saturated rings. The van der Waals surface area contributed by atoms with E-state index in [0.717, 1.165) is 30.1 Å². The number of rotatable bonds is 6. The van der Waals surface area contributed by atoms with Crippen LogP contribution in [-0.2, 0) is 6.42 Å². The second-order valence-electron chi connectivity index (χ2n) is 4.59. The fourth-order valence-corrected chi connectivity index (χ4v) is 2.28. The van der Waals surface area contributed by atoms with Crippen molar-refractivity contribution in [3.8, 4) is 0 Å². The van der Waals surface area contributed by atoms with Crippen molar-refractivity contribution in [2.24, 2.45) is 0 Å². The van der Waals surface area contributed by atoms with Gasteiger partial charge in [0.1, 0.15) is 0 Å². The molecule has 0 aliphatic rings. The standard InChI is InChI=1S/C16H19ClN2/c1-2-9-19-16(12-15-8-3-4-10-18-15)13-6-5-7-14(17)11-13/h3-8,10-11,16,19H,2,9,12H2,1H3. The Morgan fingerprint density at radius 3 is 2.79 bits per heavy atom. The largest absolute Gasteiger partial charge is 0.310 e. The van der Waals surface area contributed by atoms with Gasteiger partial charge >= 0.3 is 0 Å². The predicted molar refractivity (Wildman–Crippen MR) is 80.4 cm³/mol. The number of hydrogen-bond donors (Lipinski definition) is 1. The van der Waals surface area contributed by atoms with Gasteiger partial charge in [0, 0.05) is 29.4 Å². The van der Waals surface area contributed by atoms with Crippen LogP contribution in [-0.4, -0.2) is 11.5 Å². The molecule has 3 heteroatoms. The Hall–Kier alpha value is -1.38. The number of hydrogen-bond acceptors (Lipinski definition) is 2. The van der Waals surface area contributed by atoms with E-state index in [-0.39, 0.29) is 6.04 Å². The highest BCUT2D eigenvalue weighted by Gasteiger charge is 2.12. The van der Waals surface area contributed by atoms with Gasteiger partial charge in [-0.15, -0.1) is 0 Å². The Balaban J connectivity index is 2.16. The zero-order chi connectivity index (χ0) is 13.5. The lowest BCUT2D eigenvalue weighted by Crippen LogP contribution is -2.24. The van der Waals surface area contributed by atoms with Gasteiger partial charge in [-0.3, -0.25) is 4.98 Å². The Kier molecular flexibility index (Phi) is 5.37. The van der Waals surface area contributed by atoms with Crippen molar-refractivity contribution in [2.45, 2.75) is 25.8 Å². The van der Waals surface area contributed by atoms with E-state index < -0.39 is 0 Å². The minimum Gasteiger partial charge on any atom is -0.310 e. The second-order valence-corrected chi connectivity index (χ2v) is 5.02. The first-order valence-electron chi connectivity index (χ1n) is 6.68. The summed E-state index contributed by atoms with van der Waals surface area (Å²) in [5, 5.41) is 4.34. The third kappa shape index (κ3) is 4.34. The van der Waals surface area contributed by atoms with Crippen molar-refractivity contribution in [3.63, 3.8) is 0 Å². The lowest BCUT2D eigenvalue weighted by molar-refractivity contribution is 0.524. The Morgan fingerprint density at radius 2 is 2.11 bits per heavy atom. The SMILES string of the molecule is CCCNC(Cc1ccccn1)c1cccc(Cl)c1. The maximum atomic E-state index is 6.08. The van der Waals surface area contributed by atoms with Crippen LogP contribution in [0.25, 0.3) is 0 Å². The molecule has 2 aromatic rings. The summed E-state index contributed by atoms with van der Waals surface area (Å²) in [5.74, 6) is 0. The van der Waals surface area contributed by atoms with Gasteiger partial charge < -0.3 is 5.32 Å². The summed E-state index contributed by atoms with van der Waals surface area (Å²) in [6.07, 6.45) is 3.82. The highest BCUT2D eigenvalue weighted by molar-refractivity contribution is 6.30. The van der Waals surface area contributed by atoms with Gasteiger partial charge in [-0.1, -0.05) is 36.7 Å². The van der Waals surface area contributed by atoms with Crippen LogP contribution in [0.5, 0.6) is 0 Å². The molecule has 0 saturated heterocycles. The van der Waals surface area contributed by atoms with E-state index in [1.54, 1.807) is 0 Å². The molecule has 0 aliphatic heterocycles. The molecule has 0 spiro atoms. The van der Waals surface area contributed by atoms with E-state index in [1.165, 1.54) is 5.56 Å². The molecular formula is C16H19ClN2. The number of pyridine rings is 1. The molecule has 0 aliphatic carbocycles. The Morgan fingerprint density at radius 1 is 1.21 bits per heavy atom. The lowest BCUT2D eigenvalue weighted by atomic mass is 10.0. The fourth-order valence-electron chi connectivity index (χ4n) is 2.08. The summed E-state index contributed by atoms with van der Waals surface area (Å²) in [7, 11) is 0. The first kappa shape index (κ1) is 14.0. The molecule has 2 rings (SSSR count). The van der Waals surface area contributed by atoms with E-state index in [1.807, 2.05) is 36.5 Å². The van der Waals surface area contributed by atoms with Crippen LogP contribution in [0, 0.1) is 0 Å². The normalized spacial score (nSPS) is 12.3. The molecule has 1 aromatic heterocycles. The average Bonchev–Trinajstić information content (AvgIpc) is 2.44. The Bertz CT molecular complexity index is 499. The van der Waals surface area contributed by atoms with Crippen molar-refractivity contribution in [2.75, 3.05) is 6.54 Å². The van der Waals surface area contributed by atoms with E-state index in [2.05, 4.69) is 29.4 Å². The first-order valence-corrected chi connectivity index (χ1v) is 7.06. The van der Waals surface area contributed by atoms with Crippen molar-refractivity contribution >= 4 is 11.6 Å². The van der Waals surface area contributed by atoms with E-state index in [4.69, 9.17) is 11.6 Å². The van der Waals surface area contributed by atoms with Crippen molar-refractivity contribution < 1.29 is 0 Å². The van der Waals surface area contributed by atoms with Crippen molar-refractivity contribution in [3.05, 3.63) is 64.9 Å². The highest BCUT2D eigenvalue weighted by Crippen LogP contribution is 2.21. The molecule has 0 amide bonds. The van der Waals surface area contributed by atoms with Gasteiger partial charge in [-0.05, 0) is 42.8 Å². The molecule has 1 atom stereocenters. The minimum absolute atomic E-state index is 0.258. The molecule has 1 aromatic carbocycles. The fraction of sp³-hybridized carbons (Fsp3) is 0.312. The lowest BCUT2D eigenvalue weighted by Gasteiger charge is -2.19. The summed E-state index contributed by atoms with van der Waals surface area (Å²) in [6, 6.07) is 14.3. The highest BCUT2D eigenvalue weighted by atomic mass is 35.5. The van der Waals surface area contributed by atoms with Crippen LogP contribution in [0.3, 0.4) is 0 Å². The van der Waals surface area contributed by atoms with E-state index >= 15 is 0 Å². The topological polar surface area (TPSA) is 24.9 Å². The molecule has 2 nitrogen and oxygen atoms in total. The monoisotopic (exact) mass is 274 g/mol. The maximum absolute atomic E-state index is 6.08. The van der Waals surface area contributed by atoms with Crippen LogP contribution in [0.4, 0.5) is 0 Å². The van der Waals surface area contributed by atoms with Crippen molar-refractivity contribution in [1.82, 2.24) is 10.3 Å². The number of aromatic nitrogens is 1. The van der Waals surface area contributed by atoms with Gasteiger partial charge in [-0.2, -0.15) is 0 Å². The number of benzene rings is 1. The van der Waals surface area contributed by atoms with E-state index in [9.17, 15) is 0 Å². The zero-order valence-corrected chi connectivity index (χ0v) is 11.9. The maximum Gasteiger partial charge on any atom is 0.0422 e. The summed E-state index contributed by atoms with van der Waals surface area (Å²) in [6.45, 7) is 3.16. The average molecular weight is 275 g/mol. The molecular weight excluding hydrogens is 256 g/mol. The van der Waals surface area contributed by atoms with Crippen LogP contribution >= 0.6 is 11.6 Å². The van der Waals surface area contributed by atoms with Gasteiger partial charge in [0.05, 0.1) is 0 Å². The second kappa shape index (κ2) is 7.27. The third-order valence-electron chi connectivity index (χ3n) is 3.03. The van der Waals surface area contributed by atoms with Gasteiger partial charge in [0.2, 0.25) is 0 Å². The summed E-state index contributed by atoms with van der Waals surface area (Å²) >= 11 is 6.08. The quantitative estimate of drug-likeness (QED) is 0.861. The smallest absolute Gasteiger partial charge is 0.0422 e. The molecule has 100 valence electrons. The number of halogens is 1. The summed E-state index contributed by atoms with van der Waals surface area (Å²) in [5.41, 5.74) is 2.31. The molecule has 0 radical (unpaired) electrons.